The molecule has 3 aromatic rings. The van der Waals surface area contributed by atoms with E-state index in [1.54, 1.807) is 4.90 Å². The van der Waals surface area contributed by atoms with Gasteiger partial charge in [0.05, 0.1) is 41.7 Å². The van der Waals surface area contributed by atoms with Gasteiger partial charge in [0.25, 0.3) is 11.8 Å². The molecule has 1 aromatic heterocycles. The summed E-state index contributed by atoms with van der Waals surface area (Å²) >= 11 is 6.40. The van der Waals surface area contributed by atoms with Gasteiger partial charge in [-0.15, -0.1) is 0 Å². The summed E-state index contributed by atoms with van der Waals surface area (Å²) in [5.41, 5.74) is 0.615. The Morgan fingerprint density at radius 2 is 1.82 bits per heavy atom. The molecule has 2 aliphatic heterocycles. The Morgan fingerprint density at radius 3 is 2.48 bits per heavy atom. The van der Waals surface area contributed by atoms with E-state index in [9.17, 15) is 28.3 Å². The van der Waals surface area contributed by atoms with Crippen molar-refractivity contribution in [3.63, 3.8) is 0 Å². The third-order valence-electron chi connectivity index (χ3n) is 8.48. The van der Waals surface area contributed by atoms with Crippen LogP contribution in [0.25, 0.3) is 11.3 Å². The van der Waals surface area contributed by atoms with Gasteiger partial charge in [-0.3, -0.25) is 9.59 Å². The number of β-amino-alcohol motifs (C(OH)–C–C–N with tert-alkyl or cyclic N) is 1. The number of nitrogens with zero attached hydrogens (tertiary/aromatic N) is 3. The molecular formula is C29H30ClF2N7O5. The molecule has 3 aliphatic rings. The van der Waals surface area contributed by atoms with Crippen molar-refractivity contribution in [3.05, 3.63) is 64.6 Å². The van der Waals surface area contributed by atoms with Crippen molar-refractivity contribution < 1.29 is 33.0 Å². The molecule has 3 heterocycles. The number of carbonyl (C=O) groups is 3. The van der Waals surface area contributed by atoms with Crippen LogP contribution >= 0.6 is 11.6 Å². The van der Waals surface area contributed by atoms with Gasteiger partial charge in [0, 0.05) is 62.4 Å². The zero-order valence-electron chi connectivity index (χ0n) is 23.7. The smallest absolute Gasteiger partial charge is 0.317 e. The maximum atomic E-state index is 14.6. The van der Waals surface area contributed by atoms with Crippen molar-refractivity contribution in [1.82, 2.24) is 30.4 Å². The molecular weight excluding hydrogens is 600 g/mol. The van der Waals surface area contributed by atoms with Crippen LogP contribution < -0.4 is 26.0 Å². The first-order chi connectivity index (χ1) is 21.1. The summed E-state index contributed by atoms with van der Waals surface area (Å²) in [5, 5.41) is 21.5. The lowest BCUT2D eigenvalue weighted by molar-refractivity contribution is 0.0943. The van der Waals surface area contributed by atoms with Gasteiger partial charge in [0.15, 0.2) is 17.4 Å². The zero-order valence-corrected chi connectivity index (χ0v) is 24.5. The fraction of sp³-hybridized carbons (Fsp3) is 0.379. The largest absolute Gasteiger partial charge is 0.494 e. The molecule has 4 amide bonds. The van der Waals surface area contributed by atoms with E-state index in [4.69, 9.17) is 16.3 Å². The number of aliphatic hydroxyl groups is 1. The van der Waals surface area contributed by atoms with Crippen LogP contribution in [0.15, 0.2) is 36.5 Å². The predicted octanol–water partition coefficient (Wildman–Crippen LogP) is 1.98. The van der Waals surface area contributed by atoms with Crippen molar-refractivity contribution in [1.29, 1.82) is 0 Å². The second-order valence-corrected chi connectivity index (χ2v) is 11.5. The van der Waals surface area contributed by atoms with E-state index in [-0.39, 0.29) is 69.3 Å². The minimum atomic E-state index is -1.15. The lowest BCUT2D eigenvalue weighted by Gasteiger charge is -2.24. The Hall–Kier alpha value is -4.27. The van der Waals surface area contributed by atoms with Crippen LogP contribution in [0.5, 0.6) is 5.75 Å². The number of hydrogen-bond acceptors (Lipinski definition) is 7. The highest BCUT2D eigenvalue weighted by Gasteiger charge is 2.57. The number of nitrogens with one attached hydrogen (secondary N) is 4. The molecule has 5 N–H and O–H groups in total. The standard InChI is InChI=1S/C29H30ClF2N7O5/c1-38-20(15-5-6-22(44-2)24(32)23(15)31)9-34-26(38)28(42)35-13-3-4-14(18(30)7-13)27(41)37-25-16-11-39(12-17(16)25)29(43)36-19-8-33-10-21(19)40/h3-7,9,16-17,19,21,25,33,40H,8,10-12H2,1-2H3,(H,35,42)(H,36,43)(H,37,41)/t16-,17+,19-,21-,25?/m1/s1. The summed E-state index contributed by atoms with van der Waals surface area (Å²) in [6, 6.07) is 6.44. The molecule has 1 aliphatic carbocycles. The number of likely N-dealkylation sites (tertiary alicyclic amines) is 1. The molecule has 2 aromatic carbocycles. The average molecular weight is 630 g/mol. The van der Waals surface area contributed by atoms with Crippen LogP contribution in [0.2, 0.25) is 5.02 Å². The summed E-state index contributed by atoms with van der Waals surface area (Å²) in [4.78, 5) is 44.2. The molecule has 15 heteroatoms. The predicted molar refractivity (Wildman–Crippen MR) is 156 cm³/mol. The Kier molecular flexibility index (Phi) is 7.90. The minimum Gasteiger partial charge on any atom is -0.494 e. The van der Waals surface area contributed by atoms with Crippen molar-refractivity contribution in [2.45, 2.75) is 18.2 Å². The number of aromatic nitrogens is 2. The van der Waals surface area contributed by atoms with E-state index in [0.717, 1.165) is 0 Å². The summed E-state index contributed by atoms with van der Waals surface area (Å²) in [5.74, 6) is -3.30. The van der Waals surface area contributed by atoms with E-state index in [0.29, 0.717) is 31.9 Å². The lowest BCUT2D eigenvalue weighted by atomic mass is 10.1. The number of urea groups is 1. The Bertz CT molecular complexity index is 1640. The molecule has 1 saturated carbocycles. The van der Waals surface area contributed by atoms with Gasteiger partial charge in [0.2, 0.25) is 5.82 Å². The number of imidazole rings is 1. The molecule has 0 radical (unpaired) electrons. The van der Waals surface area contributed by atoms with Gasteiger partial charge in [0.1, 0.15) is 0 Å². The lowest BCUT2D eigenvalue weighted by Crippen LogP contribution is -2.49. The van der Waals surface area contributed by atoms with Crippen molar-refractivity contribution in [2.75, 3.05) is 38.6 Å². The molecule has 12 nitrogen and oxygen atoms in total. The monoisotopic (exact) mass is 629 g/mol. The van der Waals surface area contributed by atoms with E-state index in [1.807, 2.05) is 0 Å². The topological polar surface area (TPSA) is 150 Å². The van der Waals surface area contributed by atoms with Crippen LogP contribution in [0.4, 0.5) is 19.3 Å². The fourth-order valence-electron chi connectivity index (χ4n) is 5.92. The highest BCUT2D eigenvalue weighted by molar-refractivity contribution is 6.34. The number of methoxy groups -OCH3 is 1. The number of ether oxygens (including phenoxy) is 1. The quantitative estimate of drug-likeness (QED) is 0.268. The maximum Gasteiger partial charge on any atom is 0.317 e. The number of hydrogen-bond donors (Lipinski definition) is 5. The third kappa shape index (κ3) is 5.44. The van der Waals surface area contributed by atoms with Crippen LogP contribution in [-0.2, 0) is 7.05 Å². The van der Waals surface area contributed by atoms with Gasteiger partial charge in [-0.1, -0.05) is 11.6 Å². The minimum absolute atomic E-state index is 0.0624. The van der Waals surface area contributed by atoms with E-state index < -0.39 is 23.6 Å². The normalized spacial score (nSPS) is 23.7. The number of fused-ring (bicyclic) bond motifs is 1. The summed E-state index contributed by atoms with van der Waals surface area (Å²) in [7, 11) is 2.72. The molecule has 0 bridgehead atoms. The van der Waals surface area contributed by atoms with Crippen LogP contribution in [0.1, 0.15) is 21.0 Å². The van der Waals surface area contributed by atoms with Crippen LogP contribution in [0.3, 0.4) is 0 Å². The molecule has 1 unspecified atom stereocenters. The Morgan fingerprint density at radius 1 is 1.07 bits per heavy atom. The first-order valence-corrected chi connectivity index (χ1v) is 14.3. The van der Waals surface area contributed by atoms with E-state index in [1.165, 1.54) is 55.3 Å². The van der Waals surface area contributed by atoms with Gasteiger partial charge in [-0.2, -0.15) is 4.39 Å². The maximum absolute atomic E-state index is 14.6. The SMILES string of the molecule is COc1ccc(-c2cnc(C(=O)Nc3ccc(C(=O)NC4[C@H]5CN(C(=O)N[C@@H]6CNC[C@H]6O)C[C@@H]45)c(Cl)c3)n2C)c(F)c1F. The number of aliphatic hydroxyl groups excluding tert-OH is 1. The van der Waals surface area contributed by atoms with E-state index in [2.05, 4.69) is 26.3 Å². The number of anilines is 1. The van der Waals surface area contributed by atoms with Crippen molar-refractivity contribution >= 4 is 35.1 Å². The van der Waals surface area contributed by atoms with Gasteiger partial charge in [-0.05, 0) is 30.3 Å². The fourth-order valence-corrected chi connectivity index (χ4v) is 6.19. The highest BCUT2D eigenvalue weighted by Crippen LogP contribution is 2.45. The van der Waals surface area contributed by atoms with Gasteiger partial charge >= 0.3 is 6.03 Å². The Labute approximate surface area is 255 Å². The molecule has 0 spiro atoms. The first-order valence-electron chi connectivity index (χ1n) is 14.0. The number of benzene rings is 2. The Balaban J connectivity index is 1.04. The van der Waals surface area contributed by atoms with Crippen LogP contribution in [-0.4, -0.2) is 88.9 Å². The van der Waals surface area contributed by atoms with Crippen molar-refractivity contribution in [3.8, 4) is 17.0 Å². The van der Waals surface area contributed by atoms with E-state index >= 15 is 0 Å². The molecule has 44 heavy (non-hydrogen) atoms. The van der Waals surface area contributed by atoms with Gasteiger partial charge < -0.3 is 40.6 Å². The number of rotatable bonds is 7. The highest BCUT2D eigenvalue weighted by atomic mass is 35.5. The summed E-state index contributed by atoms with van der Waals surface area (Å²) in [6.45, 7) is 1.98. The molecule has 6 rings (SSSR count). The number of carbonyl (C=O) groups excluding carboxylic acids is 3. The summed E-state index contributed by atoms with van der Waals surface area (Å²) in [6.07, 6.45) is 0.647. The third-order valence-corrected chi connectivity index (χ3v) is 8.79. The second kappa shape index (κ2) is 11.7. The second-order valence-electron chi connectivity index (χ2n) is 11.1. The number of piperidine rings is 1. The van der Waals surface area contributed by atoms with Crippen LogP contribution in [0, 0.1) is 23.5 Å². The van der Waals surface area contributed by atoms with Crippen molar-refractivity contribution in [2.24, 2.45) is 18.9 Å². The van der Waals surface area contributed by atoms with Gasteiger partial charge in [-0.25, -0.2) is 14.2 Å². The number of halogens is 3. The first kappa shape index (κ1) is 29.8. The summed E-state index contributed by atoms with van der Waals surface area (Å²) < 4.78 is 35.0. The molecule has 5 atom stereocenters. The molecule has 232 valence electrons. The average Bonchev–Trinajstić information content (AvgIpc) is 3.38. The molecule has 2 saturated heterocycles. The zero-order chi connectivity index (χ0) is 31.3. The molecule has 3 fully saturated rings. The number of amides is 4.